The number of rotatable bonds is 6. The van der Waals surface area contributed by atoms with Crippen LogP contribution < -0.4 is 5.32 Å². The second kappa shape index (κ2) is 6.40. The molecule has 0 aliphatic heterocycles. The maximum absolute atomic E-state index is 11.1. The lowest BCUT2D eigenvalue weighted by Crippen LogP contribution is -2.01. The molecule has 0 aliphatic rings. The molecule has 3 heteroatoms. The summed E-state index contributed by atoms with van der Waals surface area (Å²) in [6, 6.07) is 8.05. The van der Waals surface area contributed by atoms with E-state index in [2.05, 4.69) is 11.9 Å². The van der Waals surface area contributed by atoms with Crippen LogP contribution in [0.5, 0.6) is 0 Å². The van der Waals surface area contributed by atoms with Crippen LogP contribution in [-0.4, -0.2) is 17.0 Å². The molecule has 1 aromatic rings. The standard InChI is InChI=1S/C12H17NOS/c1-3-4-8-13-12-7-5-6-11(9-12)10-15(2)14/h3,5-7,9,13H,1,4,8,10H2,2H3/t15-/m0/s1. The van der Waals surface area contributed by atoms with Crippen molar-refractivity contribution in [3.05, 3.63) is 42.5 Å². The van der Waals surface area contributed by atoms with Crippen molar-refractivity contribution in [2.24, 2.45) is 0 Å². The van der Waals surface area contributed by atoms with Gasteiger partial charge in [0, 0.05) is 35.0 Å². The summed E-state index contributed by atoms with van der Waals surface area (Å²) in [6.45, 7) is 4.56. The highest BCUT2D eigenvalue weighted by Gasteiger charge is 1.97. The molecule has 1 N–H and O–H groups in total. The predicted octanol–water partition coefficient (Wildman–Crippen LogP) is 2.55. The number of hydrogen-bond donors (Lipinski definition) is 1. The molecule has 2 nitrogen and oxygen atoms in total. The van der Waals surface area contributed by atoms with E-state index < -0.39 is 10.8 Å². The van der Waals surface area contributed by atoms with Crippen LogP contribution in [-0.2, 0) is 16.6 Å². The maximum atomic E-state index is 11.1. The minimum atomic E-state index is -0.776. The molecule has 0 aromatic heterocycles. The van der Waals surface area contributed by atoms with E-state index in [1.807, 2.05) is 30.3 Å². The molecule has 82 valence electrons. The predicted molar refractivity (Wildman–Crippen MR) is 67.5 cm³/mol. The summed E-state index contributed by atoms with van der Waals surface area (Å²) in [5, 5.41) is 3.29. The molecule has 1 atom stereocenters. The van der Waals surface area contributed by atoms with E-state index >= 15 is 0 Å². The monoisotopic (exact) mass is 223 g/mol. The van der Waals surface area contributed by atoms with E-state index in [1.54, 1.807) is 6.26 Å². The zero-order valence-electron chi connectivity index (χ0n) is 9.03. The second-order valence-electron chi connectivity index (χ2n) is 3.42. The van der Waals surface area contributed by atoms with Gasteiger partial charge in [-0.2, -0.15) is 0 Å². The van der Waals surface area contributed by atoms with E-state index in [-0.39, 0.29) is 0 Å². The maximum Gasteiger partial charge on any atom is 0.0483 e. The summed E-state index contributed by atoms with van der Waals surface area (Å²) in [4.78, 5) is 0. The molecule has 0 saturated carbocycles. The van der Waals surface area contributed by atoms with Crippen molar-refractivity contribution >= 4 is 16.5 Å². The summed E-state index contributed by atoms with van der Waals surface area (Å²) < 4.78 is 11.1. The summed E-state index contributed by atoms with van der Waals surface area (Å²) >= 11 is 0. The van der Waals surface area contributed by atoms with Crippen molar-refractivity contribution in [2.45, 2.75) is 12.2 Å². The first-order valence-corrected chi connectivity index (χ1v) is 6.69. The van der Waals surface area contributed by atoms with Crippen LogP contribution in [0.3, 0.4) is 0 Å². The molecule has 0 radical (unpaired) electrons. The van der Waals surface area contributed by atoms with Crippen LogP contribution in [0.1, 0.15) is 12.0 Å². The molecule has 1 aromatic carbocycles. The minimum absolute atomic E-state index is 0.622. The van der Waals surface area contributed by atoms with E-state index in [9.17, 15) is 4.21 Å². The largest absolute Gasteiger partial charge is 0.385 e. The molecule has 0 aliphatic carbocycles. The zero-order chi connectivity index (χ0) is 11.1. The molecule has 15 heavy (non-hydrogen) atoms. The van der Waals surface area contributed by atoms with Crippen LogP contribution in [0.2, 0.25) is 0 Å². The highest BCUT2D eigenvalue weighted by Crippen LogP contribution is 2.11. The Labute approximate surface area is 93.9 Å². The van der Waals surface area contributed by atoms with Crippen LogP contribution in [0.15, 0.2) is 36.9 Å². The van der Waals surface area contributed by atoms with Crippen molar-refractivity contribution < 1.29 is 4.21 Å². The lowest BCUT2D eigenvalue weighted by molar-refractivity contribution is 0.686. The van der Waals surface area contributed by atoms with Gasteiger partial charge < -0.3 is 5.32 Å². The van der Waals surface area contributed by atoms with E-state index in [0.717, 1.165) is 24.2 Å². The molecule has 0 heterocycles. The lowest BCUT2D eigenvalue weighted by atomic mass is 10.2. The van der Waals surface area contributed by atoms with Crippen molar-refractivity contribution in [2.75, 3.05) is 18.1 Å². The fraction of sp³-hybridized carbons (Fsp3) is 0.333. The fourth-order valence-corrected chi connectivity index (χ4v) is 1.97. The molecule has 0 saturated heterocycles. The first-order chi connectivity index (χ1) is 7.22. The first-order valence-electron chi connectivity index (χ1n) is 4.96. The van der Waals surface area contributed by atoms with Gasteiger partial charge in [0.05, 0.1) is 0 Å². The number of hydrogen-bond acceptors (Lipinski definition) is 2. The average molecular weight is 223 g/mol. The Bertz CT molecular complexity index is 349. The van der Waals surface area contributed by atoms with Crippen molar-refractivity contribution in [1.82, 2.24) is 0 Å². The average Bonchev–Trinajstić information content (AvgIpc) is 2.18. The number of anilines is 1. The molecule has 0 spiro atoms. The van der Waals surface area contributed by atoms with Gasteiger partial charge in [-0.05, 0) is 24.1 Å². The van der Waals surface area contributed by atoms with Crippen molar-refractivity contribution in [3.63, 3.8) is 0 Å². The van der Waals surface area contributed by atoms with Crippen LogP contribution in [0.25, 0.3) is 0 Å². The van der Waals surface area contributed by atoms with E-state index in [0.29, 0.717) is 5.75 Å². The minimum Gasteiger partial charge on any atom is -0.385 e. The summed E-state index contributed by atoms with van der Waals surface area (Å²) in [5.74, 6) is 0.622. The Kier molecular flexibility index (Phi) is 5.12. The highest BCUT2D eigenvalue weighted by molar-refractivity contribution is 7.83. The lowest BCUT2D eigenvalue weighted by Gasteiger charge is -2.06. The Morgan fingerprint density at radius 3 is 3.00 bits per heavy atom. The van der Waals surface area contributed by atoms with Crippen LogP contribution in [0, 0.1) is 0 Å². The Morgan fingerprint density at radius 1 is 1.53 bits per heavy atom. The third kappa shape index (κ3) is 4.79. The molecule has 1 rings (SSSR count). The van der Waals surface area contributed by atoms with Gasteiger partial charge in [0.2, 0.25) is 0 Å². The van der Waals surface area contributed by atoms with Gasteiger partial charge >= 0.3 is 0 Å². The van der Waals surface area contributed by atoms with Crippen LogP contribution in [0.4, 0.5) is 5.69 Å². The summed E-state index contributed by atoms with van der Waals surface area (Å²) in [7, 11) is -0.776. The van der Waals surface area contributed by atoms with Gasteiger partial charge in [0.15, 0.2) is 0 Å². The number of benzene rings is 1. The molecule has 0 bridgehead atoms. The summed E-state index contributed by atoms with van der Waals surface area (Å²) in [6.07, 6.45) is 4.56. The topological polar surface area (TPSA) is 29.1 Å². The van der Waals surface area contributed by atoms with Gasteiger partial charge in [-0.1, -0.05) is 18.2 Å². The Balaban J connectivity index is 2.57. The molecular formula is C12H17NOS. The quantitative estimate of drug-likeness (QED) is 0.593. The molecule has 0 amide bonds. The SMILES string of the molecule is C=CCCNc1cccc(C[S@](C)=O)c1. The molecular weight excluding hydrogens is 206 g/mol. The third-order valence-electron chi connectivity index (χ3n) is 1.97. The normalized spacial score (nSPS) is 12.1. The molecule has 0 fully saturated rings. The van der Waals surface area contributed by atoms with Crippen molar-refractivity contribution in [3.8, 4) is 0 Å². The Hall–Kier alpha value is -1.09. The van der Waals surface area contributed by atoms with Crippen molar-refractivity contribution in [1.29, 1.82) is 0 Å². The third-order valence-corrected chi connectivity index (χ3v) is 2.71. The zero-order valence-corrected chi connectivity index (χ0v) is 9.85. The van der Waals surface area contributed by atoms with Gasteiger partial charge in [-0.15, -0.1) is 6.58 Å². The summed E-state index contributed by atoms with van der Waals surface area (Å²) in [5.41, 5.74) is 2.19. The van der Waals surface area contributed by atoms with Gasteiger partial charge in [-0.25, -0.2) is 0 Å². The van der Waals surface area contributed by atoms with Gasteiger partial charge in [0.25, 0.3) is 0 Å². The van der Waals surface area contributed by atoms with E-state index in [4.69, 9.17) is 0 Å². The first kappa shape index (κ1) is 12.0. The Morgan fingerprint density at radius 2 is 2.33 bits per heavy atom. The second-order valence-corrected chi connectivity index (χ2v) is 4.86. The smallest absolute Gasteiger partial charge is 0.0483 e. The van der Waals surface area contributed by atoms with Gasteiger partial charge in [-0.3, -0.25) is 4.21 Å². The molecule has 0 unspecified atom stereocenters. The number of nitrogens with one attached hydrogen (secondary N) is 1. The highest BCUT2D eigenvalue weighted by atomic mass is 32.2. The van der Waals surface area contributed by atoms with Crippen LogP contribution >= 0.6 is 0 Å². The fourth-order valence-electron chi connectivity index (χ4n) is 1.32. The van der Waals surface area contributed by atoms with E-state index in [1.165, 1.54) is 0 Å². The van der Waals surface area contributed by atoms with Gasteiger partial charge in [0.1, 0.15) is 0 Å².